The lowest BCUT2D eigenvalue weighted by molar-refractivity contribution is 0.125. The Kier molecular flexibility index (Phi) is 6.74. The third kappa shape index (κ3) is 8.01. The van der Waals surface area contributed by atoms with E-state index in [9.17, 15) is 4.57 Å². The predicted octanol–water partition coefficient (Wildman–Crippen LogP) is 3.93. The molecule has 0 heterocycles. The summed E-state index contributed by atoms with van der Waals surface area (Å²) in [5.74, 6) is 1.09. The monoisotopic (exact) mass is 236 g/mol. The summed E-state index contributed by atoms with van der Waals surface area (Å²) in [6.07, 6.45) is 1.90. The summed E-state index contributed by atoms with van der Waals surface area (Å²) >= 11 is 0. The molecule has 0 aliphatic heterocycles. The van der Waals surface area contributed by atoms with Crippen molar-refractivity contribution >= 4 is 7.60 Å². The Labute approximate surface area is 94.1 Å². The molecule has 0 radical (unpaired) electrons. The van der Waals surface area contributed by atoms with Gasteiger partial charge in [0, 0.05) is 13.8 Å². The highest BCUT2D eigenvalue weighted by atomic mass is 31.2. The molecule has 0 aliphatic carbocycles. The molecule has 0 aromatic carbocycles. The molecule has 0 aliphatic rings. The highest BCUT2D eigenvalue weighted by Gasteiger charge is 2.23. The predicted molar refractivity (Wildman–Crippen MR) is 64.3 cm³/mol. The fraction of sp³-hybridized carbons (Fsp3) is 1.00. The molecule has 0 N–H and O–H groups in total. The van der Waals surface area contributed by atoms with Crippen LogP contribution in [0.1, 0.15) is 40.5 Å². The molecule has 0 saturated carbocycles. The van der Waals surface area contributed by atoms with Crippen molar-refractivity contribution in [1.82, 2.24) is 0 Å². The molecule has 15 heavy (non-hydrogen) atoms. The van der Waals surface area contributed by atoms with Gasteiger partial charge in [-0.3, -0.25) is 4.57 Å². The molecule has 0 saturated heterocycles. The lowest BCUT2D eigenvalue weighted by atomic mass is 9.98. The van der Waals surface area contributed by atoms with Crippen molar-refractivity contribution < 1.29 is 13.6 Å². The van der Waals surface area contributed by atoms with Crippen LogP contribution in [0.4, 0.5) is 0 Å². The van der Waals surface area contributed by atoms with Crippen LogP contribution in [-0.4, -0.2) is 19.9 Å². The molecule has 0 aromatic heterocycles. The fourth-order valence-corrected chi connectivity index (χ4v) is 2.35. The second kappa shape index (κ2) is 6.67. The minimum atomic E-state index is -2.84. The third-order valence-electron chi connectivity index (χ3n) is 2.14. The first-order valence-corrected chi connectivity index (χ1v) is 7.57. The SMILES string of the molecule is COP(C)(=O)OC(CC(C)C)CC(C)C. The first kappa shape index (κ1) is 15.2. The van der Waals surface area contributed by atoms with Crippen LogP contribution in [0, 0.1) is 11.8 Å². The van der Waals surface area contributed by atoms with Crippen molar-refractivity contribution in [2.24, 2.45) is 11.8 Å². The van der Waals surface area contributed by atoms with Crippen molar-refractivity contribution in [3.05, 3.63) is 0 Å². The molecular weight excluding hydrogens is 211 g/mol. The topological polar surface area (TPSA) is 35.5 Å². The highest BCUT2D eigenvalue weighted by Crippen LogP contribution is 2.45. The van der Waals surface area contributed by atoms with E-state index in [4.69, 9.17) is 9.05 Å². The number of hydrogen-bond donors (Lipinski definition) is 0. The zero-order valence-corrected chi connectivity index (χ0v) is 11.7. The first-order valence-electron chi connectivity index (χ1n) is 5.58. The van der Waals surface area contributed by atoms with Crippen molar-refractivity contribution in [2.75, 3.05) is 13.8 Å². The second-order valence-electron chi connectivity index (χ2n) is 4.94. The Morgan fingerprint density at radius 2 is 1.47 bits per heavy atom. The van der Waals surface area contributed by atoms with Crippen LogP contribution in [0.2, 0.25) is 0 Å². The Morgan fingerprint density at radius 1 is 1.07 bits per heavy atom. The van der Waals surface area contributed by atoms with Gasteiger partial charge in [-0.1, -0.05) is 27.7 Å². The second-order valence-corrected chi connectivity index (χ2v) is 7.06. The Bertz CT molecular complexity index is 204. The average molecular weight is 236 g/mol. The van der Waals surface area contributed by atoms with Crippen LogP contribution in [-0.2, 0) is 13.6 Å². The van der Waals surface area contributed by atoms with Crippen molar-refractivity contribution in [3.8, 4) is 0 Å². The number of rotatable bonds is 7. The Morgan fingerprint density at radius 3 is 1.73 bits per heavy atom. The molecule has 0 aromatic rings. The van der Waals surface area contributed by atoms with Crippen molar-refractivity contribution in [1.29, 1.82) is 0 Å². The fourth-order valence-electron chi connectivity index (χ4n) is 1.55. The van der Waals surface area contributed by atoms with Gasteiger partial charge in [0.05, 0.1) is 6.10 Å². The summed E-state index contributed by atoms with van der Waals surface area (Å²) in [5.41, 5.74) is 0. The molecule has 0 spiro atoms. The third-order valence-corrected chi connectivity index (χ3v) is 3.49. The van der Waals surface area contributed by atoms with Gasteiger partial charge in [0.25, 0.3) is 0 Å². The van der Waals surface area contributed by atoms with Gasteiger partial charge in [-0.2, -0.15) is 0 Å². The van der Waals surface area contributed by atoms with E-state index in [-0.39, 0.29) is 6.10 Å². The summed E-state index contributed by atoms with van der Waals surface area (Å²) in [5, 5.41) is 0. The molecule has 0 amide bonds. The minimum Gasteiger partial charge on any atom is -0.312 e. The summed E-state index contributed by atoms with van der Waals surface area (Å²) in [4.78, 5) is 0. The summed E-state index contributed by atoms with van der Waals surface area (Å²) in [6.45, 7) is 10.1. The molecule has 1 atom stereocenters. The largest absolute Gasteiger partial charge is 0.327 e. The summed E-state index contributed by atoms with van der Waals surface area (Å²) in [6, 6.07) is 0. The molecule has 1 unspecified atom stereocenters. The lowest BCUT2D eigenvalue weighted by Crippen LogP contribution is -2.17. The molecule has 92 valence electrons. The molecule has 3 nitrogen and oxygen atoms in total. The lowest BCUT2D eigenvalue weighted by Gasteiger charge is -2.24. The van der Waals surface area contributed by atoms with Crippen LogP contribution in [0.5, 0.6) is 0 Å². The van der Waals surface area contributed by atoms with Gasteiger partial charge < -0.3 is 9.05 Å². The van der Waals surface area contributed by atoms with E-state index >= 15 is 0 Å². The molecule has 0 fully saturated rings. The Balaban J connectivity index is 4.30. The van der Waals surface area contributed by atoms with E-state index in [0.717, 1.165) is 12.8 Å². The van der Waals surface area contributed by atoms with Gasteiger partial charge in [0.2, 0.25) is 0 Å². The van der Waals surface area contributed by atoms with Crippen LogP contribution in [0.15, 0.2) is 0 Å². The van der Waals surface area contributed by atoms with Gasteiger partial charge in [-0.25, -0.2) is 0 Å². The maximum Gasteiger partial charge on any atom is 0.327 e. The Hall–Kier alpha value is 0.150. The minimum absolute atomic E-state index is 0.0424. The van der Waals surface area contributed by atoms with Crippen LogP contribution >= 0.6 is 7.60 Å². The van der Waals surface area contributed by atoms with E-state index in [0.29, 0.717) is 11.8 Å². The average Bonchev–Trinajstić information content (AvgIpc) is 2.00. The smallest absolute Gasteiger partial charge is 0.312 e. The standard InChI is InChI=1S/C11H25O3P/c1-9(2)7-11(8-10(3)4)14-15(6,12)13-5/h9-11H,7-8H2,1-6H3. The summed E-state index contributed by atoms with van der Waals surface area (Å²) in [7, 11) is -1.41. The zero-order valence-electron chi connectivity index (χ0n) is 10.8. The first-order chi connectivity index (χ1) is 6.76. The van der Waals surface area contributed by atoms with Crippen LogP contribution in [0.25, 0.3) is 0 Å². The molecule has 0 bridgehead atoms. The zero-order chi connectivity index (χ0) is 12.1. The highest BCUT2D eigenvalue weighted by molar-refractivity contribution is 7.52. The van der Waals surface area contributed by atoms with Gasteiger partial charge in [0.15, 0.2) is 0 Å². The normalized spacial score (nSPS) is 16.3. The van der Waals surface area contributed by atoms with Crippen molar-refractivity contribution in [3.63, 3.8) is 0 Å². The molecule has 4 heteroatoms. The van der Waals surface area contributed by atoms with Gasteiger partial charge in [-0.05, 0) is 24.7 Å². The van der Waals surface area contributed by atoms with E-state index in [1.807, 2.05) is 0 Å². The van der Waals surface area contributed by atoms with Gasteiger partial charge in [0.1, 0.15) is 0 Å². The van der Waals surface area contributed by atoms with E-state index in [1.54, 1.807) is 0 Å². The van der Waals surface area contributed by atoms with Gasteiger partial charge in [-0.15, -0.1) is 0 Å². The number of hydrogen-bond acceptors (Lipinski definition) is 3. The van der Waals surface area contributed by atoms with E-state index in [2.05, 4.69) is 27.7 Å². The molecule has 0 rings (SSSR count). The quantitative estimate of drug-likeness (QED) is 0.628. The van der Waals surface area contributed by atoms with Crippen molar-refractivity contribution in [2.45, 2.75) is 46.6 Å². The molecular formula is C11H25O3P. The van der Waals surface area contributed by atoms with E-state index in [1.165, 1.54) is 13.8 Å². The van der Waals surface area contributed by atoms with Gasteiger partial charge >= 0.3 is 7.60 Å². The maximum atomic E-state index is 11.7. The van der Waals surface area contributed by atoms with E-state index < -0.39 is 7.60 Å². The maximum absolute atomic E-state index is 11.7. The van der Waals surface area contributed by atoms with Crippen LogP contribution in [0.3, 0.4) is 0 Å². The summed E-state index contributed by atoms with van der Waals surface area (Å²) < 4.78 is 22.1. The van der Waals surface area contributed by atoms with Crippen LogP contribution < -0.4 is 0 Å².